The normalized spacial score (nSPS) is 11.1. The van der Waals surface area contributed by atoms with Crippen molar-refractivity contribution in [2.24, 2.45) is 0 Å². The van der Waals surface area contributed by atoms with Gasteiger partial charge >= 0.3 is 0 Å². The van der Waals surface area contributed by atoms with Crippen molar-refractivity contribution in [2.45, 2.75) is 6.92 Å². The number of para-hydroxylation sites is 1. The number of allylic oxidation sites excluding steroid dienone is 3. The number of anilines is 6. The average molecular weight is 1030 g/mol. The molecule has 80 heavy (non-hydrogen) atoms. The molecule has 0 aliphatic heterocycles. The van der Waals surface area contributed by atoms with Crippen molar-refractivity contribution < 1.29 is 4.42 Å². The SMILES string of the molecule is C=C/C=C\C.c1ccc(-c2ccc(N(c3ccc(-c4ccccc4)cc3)c3ccc(-c4ccc5oc6c(-c7ccc(N(c8ccc(-c9ccccc9)cc8)c8ccc(-c9ccccc9)cc8)cc7)cccc6c5c4)cc3)cc2)cc1. The molecule has 0 radical (unpaired) electrons. The lowest BCUT2D eigenvalue weighted by molar-refractivity contribution is 0.670. The molecule has 0 spiro atoms. The Kier molecular flexibility index (Phi) is 14.7. The molecule has 0 N–H and O–H groups in total. The first kappa shape index (κ1) is 50.3. The zero-order valence-corrected chi connectivity index (χ0v) is 44.6. The van der Waals surface area contributed by atoms with Crippen LogP contribution in [0.25, 0.3) is 88.7 Å². The van der Waals surface area contributed by atoms with Gasteiger partial charge in [-0.3, -0.25) is 0 Å². The summed E-state index contributed by atoms with van der Waals surface area (Å²) >= 11 is 0. The first-order valence-electron chi connectivity index (χ1n) is 27.2. The minimum Gasteiger partial charge on any atom is -0.455 e. The summed E-state index contributed by atoms with van der Waals surface area (Å²) in [6.45, 7) is 5.42. The maximum Gasteiger partial charge on any atom is 0.143 e. The van der Waals surface area contributed by atoms with Gasteiger partial charge in [0.25, 0.3) is 0 Å². The molecule has 13 aromatic rings. The predicted molar refractivity (Wildman–Crippen MR) is 341 cm³/mol. The molecule has 0 amide bonds. The van der Waals surface area contributed by atoms with E-state index in [4.69, 9.17) is 4.42 Å². The number of hydrogen-bond donors (Lipinski definition) is 0. The molecule has 3 nitrogen and oxygen atoms in total. The third kappa shape index (κ3) is 10.8. The van der Waals surface area contributed by atoms with Crippen LogP contribution in [0.2, 0.25) is 0 Å². The highest BCUT2D eigenvalue weighted by atomic mass is 16.3. The zero-order valence-electron chi connectivity index (χ0n) is 44.6. The molecule has 0 bridgehead atoms. The van der Waals surface area contributed by atoms with Crippen LogP contribution in [0.4, 0.5) is 34.1 Å². The zero-order chi connectivity index (χ0) is 54.0. The first-order valence-corrected chi connectivity index (χ1v) is 27.2. The minimum absolute atomic E-state index is 0.864. The first-order chi connectivity index (χ1) is 39.6. The number of furan rings is 1. The molecule has 0 aliphatic carbocycles. The second-order valence-corrected chi connectivity index (χ2v) is 19.7. The summed E-state index contributed by atoms with van der Waals surface area (Å²) in [6, 6.07) is 108. The van der Waals surface area contributed by atoms with Crippen LogP contribution >= 0.6 is 0 Å². The van der Waals surface area contributed by atoms with Gasteiger partial charge in [-0.05, 0) is 153 Å². The molecule has 0 unspecified atom stereocenters. The molecular weight excluding hydrogens is 969 g/mol. The number of fused-ring (bicyclic) bond motifs is 3. The fourth-order valence-corrected chi connectivity index (χ4v) is 10.6. The van der Waals surface area contributed by atoms with Crippen LogP contribution in [0.15, 0.2) is 333 Å². The van der Waals surface area contributed by atoms with E-state index < -0.39 is 0 Å². The summed E-state index contributed by atoms with van der Waals surface area (Å²) < 4.78 is 6.75. The van der Waals surface area contributed by atoms with Crippen molar-refractivity contribution in [3.05, 3.63) is 328 Å². The predicted octanol–water partition coefficient (Wildman–Crippen LogP) is 22.3. The summed E-state index contributed by atoms with van der Waals surface area (Å²) in [4.78, 5) is 4.66. The fourth-order valence-electron chi connectivity index (χ4n) is 10.6. The summed E-state index contributed by atoms with van der Waals surface area (Å²) in [5.41, 5.74) is 22.2. The largest absolute Gasteiger partial charge is 0.455 e. The lowest BCUT2D eigenvalue weighted by atomic mass is 9.99. The third-order valence-corrected chi connectivity index (χ3v) is 14.7. The van der Waals surface area contributed by atoms with Gasteiger partial charge < -0.3 is 14.2 Å². The van der Waals surface area contributed by atoms with Crippen LogP contribution < -0.4 is 9.80 Å². The molecule has 382 valence electrons. The number of nitrogens with zero attached hydrogens (tertiary/aromatic N) is 2. The van der Waals surface area contributed by atoms with Crippen LogP contribution in [0.3, 0.4) is 0 Å². The Bertz CT molecular complexity index is 4010. The number of benzene rings is 12. The Labute approximate surface area is 469 Å². The maximum atomic E-state index is 6.75. The van der Waals surface area contributed by atoms with E-state index in [9.17, 15) is 0 Å². The summed E-state index contributed by atoms with van der Waals surface area (Å²) in [7, 11) is 0. The van der Waals surface area contributed by atoms with Crippen LogP contribution in [0.5, 0.6) is 0 Å². The molecule has 3 heteroatoms. The van der Waals surface area contributed by atoms with Gasteiger partial charge in [0.1, 0.15) is 11.2 Å². The van der Waals surface area contributed by atoms with Gasteiger partial charge in [-0.15, -0.1) is 0 Å². The van der Waals surface area contributed by atoms with Crippen LogP contribution in [-0.4, -0.2) is 0 Å². The van der Waals surface area contributed by atoms with Gasteiger partial charge in [0, 0.05) is 50.5 Å². The van der Waals surface area contributed by atoms with Crippen molar-refractivity contribution in [1.82, 2.24) is 0 Å². The lowest BCUT2D eigenvalue weighted by Gasteiger charge is -2.26. The van der Waals surface area contributed by atoms with Crippen molar-refractivity contribution in [2.75, 3.05) is 9.80 Å². The quantitative estimate of drug-likeness (QED) is 0.107. The Morgan fingerprint density at radius 2 is 0.588 bits per heavy atom. The van der Waals surface area contributed by atoms with E-state index in [0.717, 1.165) is 78.3 Å². The molecule has 12 aromatic carbocycles. The highest BCUT2D eigenvalue weighted by Gasteiger charge is 2.18. The van der Waals surface area contributed by atoms with Gasteiger partial charge in [0.15, 0.2) is 0 Å². The van der Waals surface area contributed by atoms with E-state index in [-0.39, 0.29) is 0 Å². The van der Waals surface area contributed by atoms with E-state index in [2.05, 4.69) is 320 Å². The van der Waals surface area contributed by atoms with E-state index in [1.54, 1.807) is 6.08 Å². The van der Waals surface area contributed by atoms with Gasteiger partial charge in [-0.25, -0.2) is 0 Å². The van der Waals surface area contributed by atoms with Crippen LogP contribution in [0, 0.1) is 0 Å². The van der Waals surface area contributed by atoms with E-state index >= 15 is 0 Å². The Morgan fingerprint density at radius 1 is 0.287 bits per heavy atom. The monoisotopic (exact) mass is 1030 g/mol. The average Bonchev–Trinajstić information content (AvgIpc) is 3.94. The summed E-state index contributed by atoms with van der Waals surface area (Å²) in [5, 5.41) is 2.18. The molecule has 1 heterocycles. The second-order valence-electron chi connectivity index (χ2n) is 19.7. The highest BCUT2D eigenvalue weighted by molar-refractivity contribution is 6.10. The number of hydrogen-bond acceptors (Lipinski definition) is 3. The maximum absolute atomic E-state index is 6.75. The Morgan fingerprint density at radius 3 is 0.900 bits per heavy atom. The molecule has 0 saturated carbocycles. The fraction of sp³-hybridized carbons (Fsp3) is 0.0130. The molecule has 0 fully saturated rings. The summed E-state index contributed by atoms with van der Waals surface area (Å²) in [5.74, 6) is 0. The van der Waals surface area contributed by atoms with Crippen molar-refractivity contribution in [3.63, 3.8) is 0 Å². The lowest BCUT2D eigenvalue weighted by Crippen LogP contribution is -2.09. The van der Waals surface area contributed by atoms with Crippen LogP contribution in [0.1, 0.15) is 6.92 Å². The van der Waals surface area contributed by atoms with E-state index in [1.165, 1.54) is 44.5 Å². The minimum atomic E-state index is 0.864. The topological polar surface area (TPSA) is 19.6 Å². The third-order valence-electron chi connectivity index (χ3n) is 14.7. The van der Waals surface area contributed by atoms with Gasteiger partial charge in [0.05, 0.1) is 0 Å². The molecule has 1 aromatic heterocycles. The van der Waals surface area contributed by atoms with E-state index in [1.807, 2.05) is 19.1 Å². The molecular formula is C77H58N2O. The van der Waals surface area contributed by atoms with Crippen molar-refractivity contribution in [3.8, 4) is 66.8 Å². The van der Waals surface area contributed by atoms with Crippen molar-refractivity contribution >= 4 is 56.1 Å². The van der Waals surface area contributed by atoms with Crippen LogP contribution in [-0.2, 0) is 0 Å². The van der Waals surface area contributed by atoms with Crippen molar-refractivity contribution in [1.29, 1.82) is 0 Å². The highest BCUT2D eigenvalue weighted by Crippen LogP contribution is 2.42. The van der Waals surface area contributed by atoms with Gasteiger partial charge in [-0.1, -0.05) is 243 Å². The van der Waals surface area contributed by atoms with E-state index in [0.29, 0.717) is 0 Å². The van der Waals surface area contributed by atoms with Gasteiger partial charge in [-0.2, -0.15) is 0 Å². The second kappa shape index (κ2) is 23.4. The molecule has 0 atom stereocenters. The summed E-state index contributed by atoms with van der Waals surface area (Å²) in [6.07, 6.45) is 5.58. The molecule has 0 aliphatic rings. The smallest absolute Gasteiger partial charge is 0.143 e. The van der Waals surface area contributed by atoms with Gasteiger partial charge in [0.2, 0.25) is 0 Å². The Balaban J connectivity index is 0.00000122. The Hall–Kier alpha value is -10.5. The standard InChI is InChI=1S/C72H50N2O.C5H8/c1-5-14-51(15-6-1)55-24-37-62(38-25-55)73(63-39-26-56(27-40-63)52-16-7-2-8-17-52)66-45-32-59(33-46-66)61-36-49-71-70(50-61)69-23-13-22-68(72(69)75-71)60-34-47-67(48-35-60)74(64-41-28-57(29-42-64)53-18-9-3-10-19-53)65-43-30-58(31-44-65)54-20-11-4-12-21-54;1-3-5-4-2/h1-50H;3-5H,1H2,2H3/b;5-4-. The molecule has 13 rings (SSSR count). The molecule has 0 saturated heterocycles. The number of rotatable bonds is 13.